The molecule has 2 rings (SSSR count). The number of carbonyl (C=O) groups excluding carboxylic acids is 1. The third-order valence-corrected chi connectivity index (χ3v) is 4.28. The van der Waals surface area contributed by atoms with Gasteiger partial charge in [-0.05, 0) is 25.5 Å². The lowest BCUT2D eigenvalue weighted by atomic mass is 10.3. The summed E-state index contributed by atoms with van der Waals surface area (Å²) in [6.45, 7) is 3.35. The first-order valence-electron chi connectivity index (χ1n) is 7.59. The summed E-state index contributed by atoms with van der Waals surface area (Å²) in [6, 6.07) is 7.26. The average Bonchev–Trinajstić information content (AvgIpc) is 2.94. The fraction of sp³-hybridized carbons (Fsp3) is 0.438. The molecule has 7 nitrogen and oxygen atoms in total. The largest absolute Gasteiger partial charge is 0.497 e. The Balaban J connectivity index is 1.89. The van der Waals surface area contributed by atoms with E-state index in [2.05, 4.69) is 15.5 Å². The van der Waals surface area contributed by atoms with Crippen LogP contribution in [-0.4, -0.2) is 47.3 Å². The van der Waals surface area contributed by atoms with Crippen LogP contribution in [0.2, 0.25) is 0 Å². The standard InChI is InChI=1S/C16H22N4O3S/c1-12-18-19-16(20(12)8-5-9-22-2)24-11-15(21)17-13-6-4-7-14(10-13)23-3/h4,6-7,10H,5,8-9,11H2,1-3H3,(H,17,21). The molecule has 1 amide bonds. The quantitative estimate of drug-likeness (QED) is 0.552. The van der Waals surface area contributed by atoms with E-state index in [1.165, 1.54) is 11.8 Å². The number of amides is 1. The zero-order valence-electron chi connectivity index (χ0n) is 14.1. The van der Waals surface area contributed by atoms with Crippen molar-refractivity contribution in [2.45, 2.75) is 25.0 Å². The monoisotopic (exact) mass is 350 g/mol. The van der Waals surface area contributed by atoms with Crippen LogP contribution in [0.5, 0.6) is 5.75 Å². The van der Waals surface area contributed by atoms with E-state index in [0.717, 1.165) is 23.9 Å². The average molecular weight is 350 g/mol. The minimum Gasteiger partial charge on any atom is -0.497 e. The van der Waals surface area contributed by atoms with Gasteiger partial charge < -0.3 is 19.4 Å². The minimum atomic E-state index is -0.0997. The first kappa shape index (κ1) is 18.3. The molecule has 1 aromatic carbocycles. The highest BCUT2D eigenvalue weighted by Gasteiger charge is 2.12. The Kier molecular flexibility index (Phi) is 7.07. The summed E-state index contributed by atoms with van der Waals surface area (Å²) in [5.41, 5.74) is 0.706. The van der Waals surface area contributed by atoms with Crippen LogP contribution in [0.1, 0.15) is 12.2 Å². The number of nitrogens with one attached hydrogen (secondary N) is 1. The molecule has 0 spiro atoms. The van der Waals surface area contributed by atoms with E-state index in [1.54, 1.807) is 20.3 Å². The molecule has 0 bridgehead atoms. The van der Waals surface area contributed by atoms with Crippen LogP contribution >= 0.6 is 11.8 Å². The maximum Gasteiger partial charge on any atom is 0.234 e. The summed E-state index contributed by atoms with van der Waals surface area (Å²) < 4.78 is 12.2. The van der Waals surface area contributed by atoms with Gasteiger partial charge in [-0.2, -0.15) is 0 Å². The lowest BCUT2D eigenvalue weighted by molar-refractivity contribution is -0.113. The summed E-state index contributed by atoms with van der Waals surface area (Å²) >= 11 is 1.37. The number of nitrogens with zero attached hydrogens (tertiary/aromatic N) is 3. The van der Waals surface area contributed by atoms with Crippen LogP contribution in [0, 0.1) is 6.92 Å². The predicted octanol–water partition coefficient (Wildman–Crippen LogP) is 2.36. The van der Waals surface area contributed by atoms with Crippen molar-refractivity contribution < 1.29 is 14.3 Å². The Morgan fingerprint density at radius 3 is 2.92 bits per heavy atom. The molecule has 1 aromatic heterocycles. The molecule has 0 saturated carbocycles. The van der Waals surface area contributed by atoms with Crippen LogP contribution < -0.4 is 10.1 Å². The number of benzene rings is 1. The topological polar surface area (TPSA) is 78.3 Å². The number of aromatic nitrogens is 3. The molecule has 0 saturated heterocycles. The van der Waals surface area contributed by atoms with Crippen LogP contribution in [-0.2, 0) is 16.1 Å². The zero-order chi connectivity index (χ0) is 17.4. The van der Waals surface area contributed by atoms with Gasteiger partial charge in [0.05, 0.1) is 12.9 Å². The Hall–Kier alpha value is -2.06. The molecule has 8 heteroatoms. The SMILES string of the molecule is COCCCn1c(C)nnc1SCC(=O)Nc1cccc(OC)c1. The molecule has 0 aliphatic carbocycles. The zero-order valence-corrected chi connectivity index (χ0v) is 14.9. The van der Waals surface area contributed by atoms with Crippen molar-refractivity contribution in [3.8, 4) is 5.75 Å². The number of methoxy groups -OCH3 is 2. The molecule has 0 radical (unpaired) electrons. The minimum absolute atomic E-state index is 0.0997. The normalized spacial score (nSPS) is 10.6. The first-order valence-corrected chi connectivity index (χ1v) is 8.58. The highest BCUT2D eigenvalue weighted by atomic mass is 32.2. The van der Waals surface area contributed by atoms with E-state index >= 15 is 0 Å². The summed E-state index contributed by atoms with van der Waals surface area (Å²) in [4.78, 5) is 12.1. The van der Waals surface area contributed by atoms with Gasteiger partial charge in [0, 0.05) is 32.0 Å². The maximum absolute atomic E-state index is 12.1. The first-order chi connectivity index (χ1) is 11.6. The van der Waals surface area contributed by atoms with Crippen molar-refractivity contribution >= 4 is 23.4 Å². The fourth-order valence-corrected chi connectivity index (χ4v) is 2.93. The number of ether oxygens (including phenoxy) is 2. The molecular weight excluding hydrogens is 328 g/mol. The predicted molar refractivity (Wildman–Crippen MR) is 93.6 cm³/mol. The second kappa shape index (κ2) is 9.29. The highest BCUT2D eigenvalue weighted by molar-refractivity contribution is 7.99. The Labute approximate surface area is 145 Å². The molecule has 0 aliphatic heterocycles. The Bertz CT molecular complexity index is 675. The van der Waals surface area contributed by atoms with E-state index in [9.17, 15) is 4.79 Å². The van der Waals surface area contributed by atoms with Crippen LogP contribution in [0.3, 0.4) is 0 Å². The molecule has 0 aliphatic rings. The number of hydrogen-bond acceptors (Lipinski definition) is 6. The Morgan fingerprint density at radius 2 is 2.17 bits per heavy atom. The van der Waals surface area contributed by atoms with E-state index in [1.807, 2.05) is 29.7 Å². The van der Waals surface area contributed by atoms with Crippen molar-refractivity contribution in [1.29, 1.82) is 0 Å². The highest BCUT2D eigenvalue weighted by Crippen LogP contribution is 2.19. The second-order valence-electron chi connectivity index (χ2n) is 5.10. The van der Waals surface area contributed by atoms with Crippen LogP contribution in [0.25, 0.3) is 0 Å². The summed E-state index contributed by atoms with van der Waals surface area (Å²) in [5.74, 6) is 1.70. The second-order valence-corrected chi connectivity index (χ2v) is 6.04. The van der Waals surface area contributed by atoms with Crippen molar-refractivity contribution in [2.75, 3.05) is 31.9 Å². The summed E-state index contributed by atoms with van der Waals surface area (Å²) in [5, 5.41) is 11.8. The van der Waals surface area contributed by atoms with Gasteiger partial charge in [0.25, 0.3) is 0 Å². The fourth-order valence-electron chi connectivity index (χ4n) is 2.12. The maximum atomic E-state index is 12.1. The van der Waals surface area contributed by atoms with E-state index in [0.29, 0.717) is 18.0 Å². The van der Waals surface area contributed by atoms with Crippen LogP contribution in [0.4, 0.5) is 5.69 Å². The van der Waals surface area contributed by atoms with Crippen molar-refractivity contribution in [3.63, 3.8) is 0 Å². The molecule has 0 atom stereocenters. The van der Waals surface area contributed by atoms with Gasteiger partial charge in [0.15, 0.2) is 5.16 Å². The van der Waals surface area contributed by atoms with E-state index < -0.39 is 0 Å². The van der Waals surface area contributed by atoms with Crippen molar-refractivity contribution in [1.82, 2.24) is 14.8 Å². The molecule has 0 fully saturated rings. The number of anilines is 1. The van der Waals surface area contributed by atoms with E-state index in [4.69, 9.17) is 9.47 Å². The van der Waals surface area contributed by atoms with E-state index in [-0.39, 0.29) is 11.7 Å². The lowest BCUT2D eigenvalue weighted by Gasteiger charge is -2.09. The van der Waals surface area contributed by atoms with Gasteiger partial charge >= 0.3 is 0 Å². The third-order valence-electron chi connectivity index (χ3n) is 3.32. The van der Waals surface area contributed by atoms with Crippen LogP contribution in [0.15, 0.2) is 29.4 Å². The third kappa shape index (κ3) is 5.24. The number of rotatable bonds is 9. The molecular formula is C16H22N4O3S. The molecule has 1 heterocycles. The number of thioether (sulfide) groups is 1. The van der Waals surface area contributed by atoms with Gasteiger partial charge in [0.2, 0.25) is 5.91 Å². The molecule has 24 heavy (non-hydrogen) atoms. The van der Waals surface area contributed by atoms with Gasteiger partial charge in [-0.15, -0.1) is 10.2 Å². The van der Waals surface area contributed by atoms with Gasteiger partial charge in [-0.3, -0.25) is 4.79 Å². The smallest absolute Gasteiger partial charge is 0.234 e. The molecule has 130 valence electrons. The van der Waals surface area contributed by atoms with Gasteiger partial charge in [-0.25, -0.2) is 0 Å². The van der Waals surface area contributed by atoms with Gasteiger partial charge in [0.1, 0.15) is 11.6 Å². The van der Waals surface area contributed by atoms with Crippen molar-refractivity contribution in [3.05, 3.63) is 30.1 Å². The molecule has 0 unspecified atom stereocenters. The number of carbonyl (C=O) groups is 1. The number of aryl methyl sites for hydroxylation is 1. The molecule has 1 N–H and O–H groups in total. The summed E-state index contributed by atoms with van der Waals surface area (Å²) in [6.07, 6.45) is 0.874. The van der Waals surface area contributed by atoms with Gasteiger partial charge in [-0.1, -0.05) is 17.8 Å². The molecule has 2 aromatic rings. The number of hydrogen-bond donors (Lipinski definition) is 1. The lowest BCUT2D eigenvalue weighted by Crippen LogP contribution is -2.15. The Morgan fingerprint density at radius 1 is 1.33 bits per heavy atom. The summed E-state index contributed by atoms with van der Waals surface area (Å²) in [7, 11) is 3.27. The van der Waals surface area contributed by atoms with Crippen molar-refractivity contribution in [2.24, 2.45) is 0 Å².